The van der Waals surface area contributed by atoms with E-state index in [1.54, 1.807) is 0 Å². The van der Waals surface area contributed by atoms with E-state index < -0.39 is 0 Å². The summed E-state index contributed by atoms with van der Waals surface area (Å²) in [5.74, 6) is 0. The first kappa shape index (κ1) is 8.95. The molecule has 14 heavy (non-hydrogen) atoms. The van der Waals surface area contributed by atoms with E-state index in [9.17, 15) is 0 Å². The van der Waals surface area contributed by atoms with Crippen molar-refractivity contribution < 1.29 is 0 Å². The third-order valence-corrected chi connectivity index (χ3v) is 2.41. The van der Waals surface area contributed by atoms with Crippen molar-refractivity contribution in [1.82, 2.24) is 4.98 Å². The van der Waals surface area contributed by atoms with Gasteiger partial charge in [0, 0.05) is 17.5 Å². The number of hydrogen-bond donors (Lipinski definition) is 0. The number of benzene rings is 1. The zero-order valence-corrected chi connectivity index (χ0v) is 8.49. The lowest BCUT2D eigenvalue weighted by atomic mass is 10.00. The second-order valence-electron chi connectivity index (χ2n) is 3.45. The summed E-state index contributed by atoms with van der Waals surface area (Å²) in [6, 6.07) is 12.4. The van der Waals surface area contributed by atoms with Gasteiger partial charge in [0.25, 0.3) is 0 Å². The molecule has 1 nitrogen and oxygen atoms in total. The molecule has 0 N–H and O–H groups in total. The molecule has 0 aliphatic carbocycles. The Morgan fingerprint density at radius 2 is 1.64 bits per heavy atom. The second kappa shape index (κ2) is 3.62. The summed E-state index contributed by atoms with van der Waals surface area (Å²) in [7, 11) is 0. The van der Waals surface area contributed by atoms with Crippen LogP contribution in [-0.4, -0.2) is 4.98 Å². The van der Waals surface area contributed by atoms with Gasteiger partial charge in [-0.3, -0.25) is 4.98 Å². The Morgan fingerprint density at radius 1 is 0.929 bits per heavy atom. The maximum absolute atomic E-state index is 4.32. The van der Waals surface area contributed by atoms with E-state index in [2.05, 4.69) is 49.2 Å². The lowest BCUT2D eigenvalue weighted by Gasteiger charge is -2.08. The van der Waals surface area contributed by atoms with Crippen LogP contribution in [0, 0.1) is 13.8 Å². The molecule has 0 saturated carbocycles. The first-order valence-corrected chi connectivity index (χ1v) is 4.76. The van der Waals surface area contributed by atoms with Crippen LogP contribution >= 0.6 is 0 Å². The summed E-state index contributed by atoms with van der Waals surface area (Å²) < 4.78 is 0. The van der Waals surface area contributed by atoms with Gasteiger partial charge in [-0.2, -0.15) is 0 Å². The van der Waals surface area contributed by atoms with Crippen LogP contribution < -0.4 is 0 Å². The molecule has 0 saturated heterocycles. The van der Waals surface area contributed by atoms with Crippen LogP contribution in [0.1, 0.15) is 11.3 Å². The predicted octanol–water partition coefficient (Wildman–Crippen LogP) is 3.37. The minimum Gasteiger partial charge on any atom is -0.261 e. The standard InChI is InChI=1S/C13H13N/c1-10-8-9-14-11(2)13(10)12-6-4-3-5-7-12/h3-9H,1-2H3. The topological polar surface area (TPSA) is 12.9 Å². The molecule has 70 valence electrons. The normalized spacial score (nSPS) is 10.1. The minimum atomic E-state index is 1.09. The molecule has 1 heterocycles. The summed E-state index contributed by atoms with van der Waals surface area (Å²) in [5, 5.41) is 0. The highest BCUT2D eigenvalue weighted by Gasteiger charge is 2.04. The maximum atomic E-state index is 4.32. The molecule has 0 radical (unpaired) electrons. The molecule has 0 atom stereocenters. The molecule has 2 rings (SSSR count). The highest BCUT2D eigenvalue weighted by atomic mass is 14.7. The Hall–Kier alpha value is -1.63. The molecule has 1 aromatic carbocycles. The average Bonchev–Trinajstić information content (AvgIpc) is 2.19. The molecule has 0 amide bonds. The van der Waals surface area contributed by atoms with Gasteiger partial charge in [-0.05, 0) is 31.0 Å². The van der Waals surface area contributed by atoms with Crippen molar-refractivity contribution >= 4 is 0 Å². The van der Waals surface area contributed by atoms with Gasteiger partial charge < -0.3 is 0 Å². The summed E-state index contributed by atoms with van der Waals surface area (Å²) in [4.78, 5) is 4.32. The van der Waals surface area contributed by atoms with E-state index >= 15 is 0 Å². The Balaban J connectivity index is 2.63. The van der Waals surface area contributed by atoms with E-state index in [-0.39, 0.29) is 0 Å². The van der Waals surface area contributed by atoms with Gasteiger partial charge in [-0.1, -0.05) is 30.3 Å². The van der Waals surface area contributed by atoms with Gasteiger partial charge in [-0.25, -0.2) is 0 Å². The summed E-state index contributed by atoms with van der Waals surface area (Å²) in [6.07, 6.45) is 1.86. The summed E-state index contributed by atoms with van der Waals surface area (Å²) in [5.41, 5.74) is 4.88. The predicted molar refractivity (Wildman–Crippen MR) is 59.1 cm³/mol. The fraction of sp³-hybridized carbons (Fsp3) is 0.154. The van der Waals surface area contributed by atoms with Crippen LogP contribution in [0.15, 0.2) is 42.6 Å². The molecular weight excluding hydrogens is 170 g/mol. The number of aryl methyl sites for hydroxylation is 2. The highest BCUT2D eigenvalue weighted by Crippen LogP contribution is 2.24. The summed E-state index contributed by atoms with van der Waals surface area (Å²) >= 11 is 0. The van der Waals surface area contributed by atoms with Crippen molar-refractivity contribution in [3.8, 4) is 11.1 Å². The van der Waals surface area contributed by atoms with Crippen LogP contribution in [0.2, 0.25) is 0 Å². The van der Waals surface area contributed by atoms with Gasteiger partial charge in [-0.15, -0.1) is 0 Å². The molecular formula is C13H13N. The van der Waals surface area contributed by atoms with Crippen LogP contribution in [-0.2, 0) is 0 Å². The Morgan fingerprint density at radius 3 is 2.29 bits per heavy atom. The zero-order chi connectivity index (χ0) is 9.97. The quantitative estimate of drug-likeness (QED) is 0.660. The third kappa shape index (κ3) is 1.53. The van der Waals surface area contributed by atoms with Crippen molar-refractivity contribution in [3.05, 3.63) is 53.9 Å². The van der Waals surface area contributed by atoms with Gasteiger partial charge in [0.15, 0.2) is 0 Å². The maximum Gasteiger partial charge on any atom is 0.0453 e. The van der Waals surface area contributed by atoms with Crippen LogP contribution in [0.3, 0.4) is 0 Å². The summed E-state index contributed by atoms with van der Waals surface area (Å²) in [6.45, 7) is 4.17. The molecule has 2 aromatic rings. The van der Waals surface area contributed by atoms with Gasteiger partial charge in [0.2, 0.25) is 0 Å². The Kier molecular flexibility index (Phi) is 2.32. The van der Waals surface area contributed by atoms with Gasteiger partial charge >= 0.3 is 0 Å². The number of nitrogens with zero attached hydrogens (tertiary/aromatic N) is 1. The van der Waals surface area contributed by atoms with E-state index in [1.807, 2.05) is 12.3 Å². The van der Waals surface area contributed by atoms with Crippen molar-refractivity contribution in [2.24, 2.45) is 0 Å². The smallest absolute Gasteiger partial charge is 0.0453 e. The third-order valence-electron chi connectivity index (χ3n) is 2.41. The second-order valence-corrected chi connectivity index (χ2v) is 3.45. The number of hydrogen-bond acceptors (Lipinski definition) is 1. The number of aromatic nitrogens is 1. The largest absolute Gasteiger partial charge is 0.261 e. The number of pyridine rings is 1. The molecule has 0 bridgehead atoms. The van der Waals surface area contributed by atoms with Gasteiger partial charge in [0.1, 0.15) is 0 Å². The van der Waals surface area contributed by atoms with E-state index in [1.165, 1.54) is 16.7 Å². The fourth-order valence-electron chi connectivity index (χ4n) is 1.74. The molecule has 1 aromatic heterocycles. The minimum absolute atomic E-state index is 1.09. The first-order valence-electron chi connectivity index (χ1n) is 4.76. The van der Waals surface area contributed by atoms with Crippen LogP contribution in [0.25, 0.3) is 11.1 Å². The highest BCUT2D eigenvalue weighted by molar-refractivity contribution is 5.68. The van der Waals surface area contributed by atoms with E-state index in [4.69, 9.17) is 0 Å². The lowest BCUT2D eigenvalue weighted by Crippen LogP contribution is -1.90. The first-order chi connectivity index (χ1) is 6.79. The van der Waals surface area contributed by atoms with E-state index in [0.717, 1.165) is 5.69 Å². The Labute approximate surface area is 84.4 Å². The van der Waals surface area contributed by atoms with Crippen LogP contribution in [0.4, 0.5) is 0 Å². The van der Waals surface area contributed by atoms with E-state index in [0.29, 0.717) is 0 Å². The molecule has 0 fully saturated rings. The lowest BCUT2D eigenvalue weighted by molar-refractivity contribution is 1.18. The van der Waals surface area contributed by atoms with Crippen molar-refractivity contribution in [3.63, 3.8) is 0 Å². The SMILES string of the molecule is Cc1ccnc(C)c1-c1ccccc1. The Bertz CT molecular complexity index is 412. The van der Waals surface area contributed by atoms with Crippen LogP contribution in [0.5, 0.6) is 0 Å². The zero-order valence-electron chi connectivity index (χ0n) is 8.49. The van der Waals surface area contributed by atoms with Crippen molar-refractivity contribution in [2.45, 2.75) is 13.8 Å². The molecule has 0 aliphatic rings. The fourth-order valence-corrected chi connectivity index (χ4v) is 1.74. The molecule has 0 unspecified atom stereocenters. The molecule has 0 aliphatic heterocycles. The average molecular weight is 183 g/mol. The van der Waals surface area contributed by atoms with Crippen molar-refractivity contribution in [2.75, 3.05) is 0 Å². The molecule has 0 spiro atoms. The number of rotatable bonds is 1. The molecule has 1 heteroatoms. The monoisotopic (exact) mass is 183 g/mol. The van der Waals surface area contributed by atoms with Gasteiger partial charge in [0.05, 0.1) is 0 Å². The van der Waals surface area contributed by atoms with Crippen molar-refractivity contribution in [1.29, 1.82) is 0 Å².